The number of aliphatic carboxylic acids is 1. The van der Waals surface area contributed by atoms with Crippen LogP contribution in [0.2, 0.25) is 0 Å². The third-order valence-corrected chi connectivity index (χ3v) is 2.25. The molecule has 1 aliphatic carbocycles. The average molecular weight is 211 g/mol. The lowest BCUT2D eigenvalue weighted by molar-refractivity contribution is -0.138. The fourth-order valence-corrected chi connectivity index (χ4v) is 1.40. The summed E-state index contributed by atoms with van der Waals surface area (Å²) in [6, 6.07) is 0.271. The highest BCUT2D eigenvalue weighted by atomic mass is 16.4. The van der Waals surface area contributed by atoms with Crippen molar-refractivity contribution in [1.29, 1.82) is 0 Å². The number of rotatable bonds is 5. The van der Waals surface area contributed by atoms with Gasteiger partial charge in [0.1, 0.15) is 0 Å². The van der Waals surface area contributed by atoms with Crippen molar-refractivity contribution in [3.8, 4) is 0 Å². The van der Waals surface area contributed by atoms with Crippen LogP contribution in [0, 0.1) is 0 Å². The summed E-state index contributed by atoms with van der Waals surface area (Å²) in [4.78, 5) is 23.8. The van der Waals surface area contributed by atoms with E-state index < -0.39 is 5.97 Å². The molecular formula is C11H17NO3. The Bertz CT molecular complexity index is 288. The Balaban J connectivity index is 2.53. The van der Waals surface area contributed by atoms with Crippen molar-refractivity contribution in [3.05, 3.63) is 11.6 Å². The van der Waals surface area contributed by atoms with Gasteiger partial charge in [-0.2, -0.15) is 0 Å². The fourth-order valence-electron chi connectivity index (χ4n) is 1.40. The summed E-state index contributed by atoms with van der Waals surface area (Å²) in [7, 11) is 0. The van der Waals surface area contributed by atoms with Gasteiger partial charge in [0, 0.05) is 18.7 Å². The monoisotopic (exact) mass is 211 g/mol. The first-order valence-corrected chi connectivity index (χ1v) is 5.18. The Morgan fingerprint density at radius 2 is 2.00 bits per heavy atom. The van der Waals surface area contributed by atoms with Crippen LogP contribution in [0.15, 0.2) is 11.6 Å². The first-order valence-electron chi connectivity index (χ1n) is 5.18. The summed E-state index contributed by atoms with van der Waals surface area (Å²) in [5.41, 5.74) is 0.945. The van der Waals surface area contributed by atoms with Gasteiger partial charge in [-0.3, -0.25) is 9.59 Å². The van der Waals surface area contributed by atoms with E-state index in [1.165, 1.54) is 0 Å². The molecule has 1 rings (SSSR count). The number of carboxylic acids is 1. The second kappa shape index (κ2) is 4.96. The molecule has 1 N–H and O–H groups in total. The van der Waals surface area contributed by atoms with Crippen LogP contribution in [-0.4, -0.2) is 34.5 Å². The molecule has 0 radical (unpaired) electrons. The molecule has 0 saturated heterocycles. The smallest absolute Gasteiger partial charge is 0.305 e. The number of nitrogens with zero attached hydrogens (tertiary/aromatic N) is 1. The first-order chi connectivity index (χ1) is 7.00. The van der Waals surface area contributed by atoms with Gasteiger partial charge >= 0.3 is 5.97 Å². The second-order valence-electron chi connectivity index (χ2n) is 4.13. The van der Waals surface area contributed by atoms with E-state index in [0.717, 1.165) is 18.4 Å². The summed E-state index contributed by atoms with van der Waals surface area (Å²) in [6.07, 6.45) is 3.60. The molecule has 0 aromatic carbocycles. The highest BCUT2D eigenvalue weighted by Crippen LogP contribution is 2.27. The molecule has 0 atom stereocenters. The Kier molecular flexibility index (Phi) is 3.88. The lowest BCUT2D eigenvalue weighted by Gasteiger charge is -2.19. The minimum atomic E-state index is -0.856. The summed E-state index contributed by atoms with van der Waals surface area (Å²) < 4.78 is 0. The lowest BCUT2D eigenvalue weighted by atomic mass is 10.3. The van der Waals surface area contributed by atoms with E-state index in [-0.39, 0.29) is 18.4 Å². The van der Waals surface area contributed by atoms with Gasteiger partial charge in [-0.05, 0) is 26.7 Å². The maximum Gasteiger partial charge on any atom is 0.305 e. The van der Waals surface area contributed by atoms with Crippen molar-refractivity contribution in [2.45, 2.75) is 39.2 Å². The van der Waals surface area contributed by atoms with E-state index in [1.54, 1.807) is 11.0 Å². The predicted molar refractivity (Wildman–Crippen MR) is 56.4 cm³/mol. The number of carboxylic acid groups (broad SMARTS) is 1. The van der Waals surface area contributed by atoms with Gasteiger partial charge in [-0.25, -0.2) is 0 Å². The zero-order valence-corrected chi connectivity index (χ0v) is 9.19. The summed E-state index contributed by atoms with van der Waals surface area (Å²) in [5.74, 6) is -0.913. The largest absolute Gasteiger partial charge is 0.481 e. The lowest BCUT2D eigenvalue weighted by Crippen LogP contribution is -2.33. The molecule has 1 fully saturated rings. The number of hydrogen-bond acceptors (Lipinski definition) is 2. The molecule has 0 aromatic heterocycles. The zero-order chi connectivity index (χ0) is 11.4. The molecule has 0 spiro atoms. The Morgan fingerprint density at radius 3 is 2.40 bits per heavy atom. The normalized spacial score (nSPS) is 14.5. The Labute approximate surface area is 89.6 Å². The third kappa shape index (κ3) is 4.14. The van der Waals surface area contributed by atoms with Crippen molar-refractivity contribution in [1.82, 2.24) is 4.90 Å². The average Bonchev–Trinajstić information content (AvgIpc) is 2.86. The molecule has 1 aliphatic rings. The number of amides is 1. The van der Waals surface area contributed by atoms with Crippen molar-refractivity contribution in [2.75, 3.05) is 6.54 Å². The van der Waals surface area contributed by atoms with Crippen LogP contribution in [0.25, 0.3) is 0 Å². The predicted octanol–water partition coefficient (Wildman–Crippen LogP) is 1.42. The van der Waals surface area contributed by atoms with Crippen molar-refractivity contribution < 1.29 is 14.7 Å². The first kappa shape index (κ1) is 11.8. The molecular weight excluding hydrogens is 194 g/mol. The third-order valence-electron chi connectivity index (χ3n) is 2.25. The molecule has 0 unspecified atom stereocenters. The van der Waals surface area contributed by atoms with Gasteiger partial charge in [-0.15, -0.1) is 0 Å². The highest BCUT2D eigenvalue weighted by molar-refractivity contribution is 5.88. The van der Waals surface area contributed by atoms with Gasteiger partial charge in [0.25, 0.3) is 0 Å². The van der Waals surface area contributed by atoms with E-state index in [9.17, 15) is 9.59 Å². The maximum absolute atomic E-state index is 11.7. The van der Waals surface area contributed by atoms with Gasteiger partial charge < -0.3 is 10.0 Å². The number of hydrogen-bond donors (Lipinski definition) is 1. The Hall–Kier alpha value is -1.32. The van der Waals surface area contributed by atoms with Crippen molar-refractivity contribution in [2.24, 2.45) is 0 Å². The zero-order valence-electron chi connectivity index (χ0n) is 9.19. The molecule has 1 amide bonds. The minimum Gasteiger partial charge on any atom is -0.481 e. The summed E-state index contributed by atoms with van der Waals surface area (Å²) >= 11 is 0. The molecule has 4 heteroatoms. The van der Waals surface area contributed by atoms with Crippen molar-refractivity contribution >= 4 is 11.9 Å². The van der Waals surface area contributed by atoms with E-state index in [0.29, 0.717) is 6.54 Å². The molecule has 1 saturated carbocycles. The minimum absolute atomic E-state index is 0.0266. The molecule has 15 heavy (non-hydrogen) atoms. The maximum atomic E-state index is 11.7. The quantitative estimate of drug-likeness (QED) is 0.700. The Morgan fingerprint density at radius 1 is 1.40 bits per heavy atom. The van der Waals surface area contributed by atoms with Crippen LogP contribution in [0.5, 0.6) is 0 Å². The fraction of sp³-hybridized carbons (Fsp3) is 0.636. The van der Waals surface area contributed by atoms with Crippen LogP contribution >= 0.6 is 0 Å². The van der Waals surface area contributed by atoms with E-state index in [4.69, 9.17) is 5.11 Å². The van der Waals surface area contributed by atoms with E-state index >= 15 is 0 Å². The van der Waals surface area contributed by atoms with Gasteiger partial charge in [0.05, 0.1) is 6.42 Å². The SMILES string of the molecule is CC(C)=CC(=O)N(CCC(=O)O)C1CC1. The van der Waals surface area contributed by atoms with E-state index in [1.807, 2.05) is 13.8 Å². The van der Waals surface area contributed by atoms with Crippen LogP contribution in [0.4, 0.5) is 0 Å². The van der Waals surface area contributed by atoms with Gasteiger partial charge in [0.2, 0.25) is 5.91 Å². The topological polar surface area (TPSA) is 57.6 Å². The summed E-state index contributed by atoms with van der Waals surface area (Å²) in [5, 5.41) is 8.57. The molecule has 4 nitrogen and oxygen atoms in total. The highest BCUT2D eigenvalue weighted by Gasteiger charge is 2.31. The molecule has 0 aliphatic heterocycles. The van der Waals surface area contributed by atoms with Crippen LogP contribution in [0.3, 0.4) is 0 Å². The van der Waals surface area contributed by atoms with Crippen LogP contribution < -0.4 is 0 Å². The summed E-state index contributed by atoms with van der Waals surface area (Å²) in [6.45, 7) is 4.04. The van der Waals surface area contributed by atoms with Crippen molar-refractivity contribution in [3.63, 3.8) is 0 Å². The van der Waals surface area contributed by atoms with Gasteiger partial charge in [0.15, 0.2) is 0 Å². The number of carbonyl (C=O) groups is 2. The van der Waals surface area contributed by atoms with E-state index in [2.05, 4.69) is 0 Å². The van der Waals surface area contributed by atoms with Crippen LogP contribution in [0.1, 0.15) is 33.1 Å². The molecule has 84 valence electrons. The second-order valence-corrected chi connectivity index (χ2v) is 4.13. The van der Waals surface area contributed by atoms with Crippen LogP contribution in [-0.2, 0) is 9.59 Å². The number of allylic oxidation sites excluding steroid dienone is 1. The van der Waals surface area contributed by atoms with Gasteiger partial charge in [-0.1, -0.05) is 5.57 Å². The molecule has 0 heterocycles. The standard InChI is InChI=1S/C11H17NO3/c1-8(2)7-10(13)12(9-3-4-9)6-5-11(14)15/h7,9H,3-6H2,1-2H3,(H,14,15). The molecule has 0 bridgehead atoms. The number of carbonyl (C=O) groups excluding carboxylic acids is 1. The molecule has 0 aromatic rings.